The predicted molar refractivity (Wildman–Crippen MR) is 71.2 cm³/mol. The van der Waals surface area contributed by atoms with E-state index >= 15 is 0 Å². The molecular weight excluding hydrogens is 251 g/mol. The van der Waals surface area contributed by atoms with Gasteiger partial charge < -0.3 is 5.73 Å². The van der Waals surface area contributed by atoms with Gasteiger partial charge in [0.2, 0.25) is 0 Å². The molecule has 0 aliphatic rings. The summed E-state index contributed by atoms with van der Waals surface area (Å²) in [5.41, 5.74) is 6.47. The van der Waals surface area contributed by atoms with Gasteiger partial charge in [-0.2, -0.15) is 13.2 Å². The molecule has 2 N–H and O–H groups in total. The van der Waals surface area contributed by atoms with Crippen LogP contribution in [0.4, 0.5) is 18.9 Å². The second kappa shape index (κ2) is 5.18. The molecule has 0 atom stereocenters. The van der Waals surface area contributed by atoms with Gasteiger partial charge in [-0.3, -0.25) is 0 Å². The third-order valence-electron chi connectivity index (χ3n) is 2.66. The molecule has 0 fully saturated rings. The molecule has 0 unspecified atom stereocenters. The van der Waals surface area contributed by atoms with Crippen LogP contribution in [0.2, 0.25) is 0 Å². The van der Waals surface area contributed by atoms with Gasteiger partial charge in [-0.15, -0.1) is 0 Å². The van der Waals surface area contributed by atoms with Gasteiger partial charge in [0.05, 0.1) is 5.56 Å². The minimum absolute atomic E-state index is 0.145. The molecule has 2 aromatic rings. The van der Waals surface area contributed by atoms with Crippen molar-refractivity contribution in [1.82, 2.24) is 0 Å². The van der Waals surface area contributed by atoms with E-state index in [-0.39, 0.29) is 5.56 Å². The van der Waals surface area contributed by atoms with Crippen LogP contribution in [0.3, 0.4) is 0 Å². The molecule has 98 valence electrons. The second-order valence-corrected chi connectivity index (χ2v) is 4.09. The van der Waals surface area contributed by atoms with Crippen molar-refractivity contribution >= 4 is 17.8 Å². The van der Waals surface area contributed by atoms with Crippen LogP contribution in [0.25, 0.3) is 12.2 Å². The summed E-state index contributed by atoms with van der Waals surface area (Å²) in [7, 11) is 0. The molecule has 1 nitrogen and oxygen atoms in total. The number of hydrogen-bond donors (Lipinski definition) is 1. The van der Waals surface area contributed by atoms with E-state index in [0.717, 1.165) is 11.6 Å². The summed E-state index contributed by atoms with van der Waals surface area (Å²) in [6, 6.07) is 12.4. The second-order valence-electron chi connectivity index (χ2n) is 4.09. The van der Waals surface area contributed by atoms with Crippen LogP contribution >= 0.6 is 0 Å². The molecule has 0 heterocycles. The van der Waals surface area contributed by atoms with Gasteiger partial charge in [0.1, 0.15) is 0 Å². The minimum Gasteiger partial charge on any atom is -0.399 e. The van der Waals surface area contributed by atoms with Crippen LogP contribution in [0.15, 0.2) is 48.5 Å². The van der Waals surface area contributed by atoms with E-state index in [0.29, 0.717) is 5.69 Å². The van der Waals surface area contributed by atoms with Crippen molar-refractivity contribution in [3.63, 3.8) is 0 Å². The average molecular weight is 263 g/mol. The molecule has 2 aromatic carbocycles. The Morgan fingerprint density at radius 3 is 2.11 bits per heavy atom. The first kappa shape index (κ1) is 13.2. The van der Waals surface area contributed by atoms with Gasteiger partial charge in [0.25, 0.3) is 0 Å². The highest BCUT2D eigenvalue weighted by atomic mass is 19.4. The van der Waals surface area contributed by atoms with E-state index in [2.05, 4.69) is 0 Å². The fourth-order valence-electron chi connectivity index (χ4n) is 1.69. The van der Waals surface area contributed by atoms with E-state index in [1.807, 2.05) is 0 Å². The molecule has 2 rings (SSSR count). The molecule has 0 radical (unpaired) electrons. The monoisotopic (exact) mass is 263 g/mol. The highest BCUT2D eigenvalue weighted by Gasteiger charge is 2.32. The lowest BCUT2D eigenvalue weighted by Crippen LogP contribution is -2.06. The number of nitrogen functional groups attached to an aromatic ring is 1. The zero-order chi connectivity index (χ0) is 13.9. The van der Waals surface area contributed by atoms with Crippen LogP contribution in [0.1, 0.15) is 16.7 Å². The van der Waals surface area contributed by atoms with E-state index in [1.165, 1.54) is 18.2 Å². The van der Waals surface area contributed by atoms with Crippen LogP contribution in [-0.2, 0) is 6.18 Å². The summed E-state index contributed by atoms with van der Waals surface area (Å²) in [6.45, 7) is 0. The Morgan fingerprint density at radius 2 is 1.47 bits per heavy atom. The van der Waals surface area contributed by atoms with Crippen LogP contribution < -0.4 is 5.73 Å². The van der Waals surface area contributed by atoms with Crippen molar-refractivity contribution in [2.45, 2.75) is 6.18 Å². The number of benzene rings is 2. The van der Waals surface area contributed by atoms with Gasteiger partial charge >= 0.3 is 6.18 Å². The number of nitrogens with two attached hydrogens (primary N) is 1. The molecule has 0 amide bonds. The van der Waals surface area contributed by atoms with E-state index in [4.69, 9.17) is 5.73 Å². The fraction of sp³-hybridized carbons (Fsp3) is 0.0667. The molecule has 0 aliphatic carbocycles. The van der Waals surface area contributed by atoms with Crippen molar-refractivity contribution in [3.05, 3.63) is 65.2 Å². The summed E-state index contributed by atoms with van der Waals surface area (Å²) >= 11 is 0. The number of alkyl halides is 3. The molecule has 0 spiro atoms. The Bertz CT molecular complexity index is 583. The Hall–Kier alpha value is -2.23. The molecule has 0 bridgehead atoms. The van der Waals surface area contributed by atoms with Gasteiger partial charge in [0, 0.05) is 5.69 Å². The summed E-state index contributed by atoms with van der Waals surface area (Å²) < 4.78 is 38.3. The highest BCUT2D eigenvalue weighted by molar-refractivity contribution is 5.72. The van der Waals surface area contributed by atoms with Gasteiger partial charge in [-0.1, -0.05) is 42.5 Å². The Kier molecular flexibility index (Phi) is 3.60. The number of rotatable bonds is 2. The maximum Gasteiger partial charge on any atom is 0.416 e. The smallest absolute Gasteiger partial charge is 0.399 e. The Morgan fingerprint density at radius 1 is 0.842 bits per heavy atom. The maximum absolute atomic E-state index is 12.8. The van der Waals surface area contributed by atoms with Gasteiger partial charge in [-0.25, -0.2) is 0 Å². The minimum atomic E-state index is -4.35. The normalized spacial score (nSPS) is 11.9. The summed E-state index contributed by atoms with van der Waals surface area (Å²) in [5, 5.41) is 0. The standard InChI is InChI=1S/C15H12F3N/c16-15(17,18)14-4-2-1-3-12(14)8-5-11-6-9-13(19)10-7-11/h1-10H,19H2. The highest BCUT2D eigenvalue weighted by Crippen LogP contribution is 2.32. The zero-order valence-corrected chi connectivity index (χ0v) is 9.98. The number of halogens is 3. The van der Waals surface area contributed by atoms with Crippen molar-refractivity contribution in [3.8, 4) is 0 Å². The van der Waals surface area contributed by atoms with Gasteiger partial charge in [0.15, 0.2) is 0 Å². The molecule has 0 aromatic heterocycles. The molecule has 4 heteroatoms. The first-order valence-corrected chi connectivity index (χ1v) is 5.67. The third kappa shape index (κ3) is 3.37. The average Bonchev–Trinajstić information content (AvgIpc) is 2.37. The van der Waals surface area contributed by atoms with Crippen LogP contribution in [-0.4, -0.2) is 0 Å². The van der Waals surface area contributed by atoms with E-state index in [9.17, 15) is 13.2 Å². The molecular formula is C15H12F3N. The number of hydrogen-bond acceptors (Lipinski definition) is 1. The molecule has 19 heavy (non-hydrogen) atoms. The largest absolute Gasteiger partial charge is 0.416 e. The fourth-order valence-corrected chi connectivity index (χ4v) is 1.69. The topological polar surface area (TPSA) is 26.0 Å². The molecule has 0 saturated heterocycles. The van der Waals surface area contributed by atoms with Crippen LogP contribution in [0, 0.1) is 0 Å². The lowest BCUT2D eigenvalue weighted by molar-refractivity contribution is -0.137. The lowest BCUT2D eigenvalue weighted by atomic mass is 10.1. The zero-order valence-electron chi connectivity index (χ0n) is 9.98. The Balaban J connectivity index is 2.31. The summed E-state index contributed by atoms with van der Waals surface area (Å²) in [4.78, 5) is 0. The first-order chi connectivity index (χ1) is 8.97. The SMILES string of the molecule is Nc1ccc(C=Cc2ccccc2C(F)(F)F)cc1. The van der Waals surface area contributed by atoms with E-state index in [1.54, 1.807) is 36.4 Å². The van der Waals surface area contributed by atoms with Crippen molar-refractivity contribution in [2.24, 2.45) is 0 Å². The maximum atomic E-state index is 12.8. The van der Waals surface area contributed by atoms with Crippen molar-refractivity contribution in [2.75, 3.05) is 5.73 Å². The first-order valence-electron chi connectivity index (χ1n) is 5.67. The number of anilines is 1. The Labute approximate surface area is 109 Å². The van der Waals surface area contributed by atoms with Gasteiger partial charge in [-0.05, 0) is 29.3 Å². The van der Waals surface area contributed by atoms with Crippen molar-refractivity contribution < 1.29 is 13.2 Å². The van der Waals surface area contributed by atoms with Crippen LogP contribution in [0.5, 0.6) is 0 Å². The van der Waals surface area contributed by atoms with Crippen molar-refractivity contribution in [1.29, 1.82) is 0 Å². The lowest BCUT2D eigenvalue weighted by Gasteiger charge is -2.09. The van der Waals surface area contributed by atoms with E-state index < -0.39 is 11.7 Å². The third-order valence-corrected chi connectivity index (χ3v) is 2.66. The summed E-state index contributed by atoms with van der Waals surface area (Å²) in [6.07, 6.45) is -1.26. The quantitative estimate of drug-likeness (QED) is 0.628. The summed E-state index contributed by atoms with van der Waals surface area (Å²) in [5.74, 6) is 0. The molecule has 0 aliphatic heterocycles. The predicted octanol–water partition coefficient (Wildman–Crippen LogP) is 4.46. The molecule has 0 saturated carbocycles.